The van der Waals surface area contributed by atoms with E-state index in [9.17, 15) is 4.79 Å². The van der Waals surface area contributed by atoms with Crippen molar-refractivity contribution >= 4 is 34.8 Å². The SMILES string of the molecule is CSc1nc(NC(=O)C2CCOCC2)c(C#N)s1. The van der Waals surface area contributed by atoms with Gasteiger partial charge in [-0.3, -0.25) is 4.79 Å². The molecular formula is C11H13N3O2S2. The number of thiazole rings is 1. The topological polar surface area (TPSA) is 75.0 Å². The lowest BCUT2D eigenvalue weighted by Crippen LogP contribution is -2.28. The summed E-state index contributed by atoms with van der Waals surface area (Å²) in [6.45, 7) is 1.24. The molecule has 1 aliphatic heterocycles. The molecule has 0 unspecified atom stereocenters. The van der Waals surface area contributed by atoms with E-state index >= 15 is 0 Å². The van der Waals surface area contributed by atoms with Gasteiger partial charge in [0.2, 0.25) is 5.91 Å². The van der Waals surface area contributed by atoms with E-state index in [0.29, 0.717) is 23.9 Å². The molecule has 2 heterocycles. The third kappa shape index (κ3) is 3.02. The van der Waals surface area contributed by atoms with Gasteiger partial charge in [-0.05, 0) is 19.1 Å². The Kier molecular flexibility index (Phi) is 4.58. The molecule has 1 amide bonds. The Morgan fingerprint density at radius 1 is 1.61 bits per heavy atom. The van der Waals surface area contributed by atoms with Gasteiger partial charge in [-0.2, -0.15) is 5.26 Å². The fourth-order valence-electron chi connectivity index (χ4n) is 1.73. The molecule has 0 radical (unpaired) electrons. The summed E-state index contributed by atoms with van der Waals surface area (Å²) in [5.41, 5.74) is 0. The smallest absolute Gasteiger partial charge is 0.228 e. The lowest BCUT2D eigenvalue weighted by molar-refractivity contribution is -0.122. The summed E-state index contributed by atoms with van der Waals surface area (Å²) >= 11 is 2.77. The molecule has 1 aromatic rings. The first-order valence-electron chi connectivity index (χ1n) is 5.58. The number of carbonyl (C=O) groups excluding carboxylic acids is 1. The van der Waals surface area contributed by atoms with Crippen molar-refractivity contribution < 1.29 is 9.53 Å². The van der Waals surface area contributed by atoms with Crippen molar-refractivity contribution in [3.8, 4) is 6.07 Å². The number of thioether (sulfide) groups is 1. The standard InChI is InChI=1S/C11H13N3O2S2/c1-17-11-14-9(8(6-12)18-11)13-10(15)7-2-4-16-5-3-7/h7H,2-5H2,1H3,(H,13,15). The maximum absolute atomic E-state index is 12.0. The zero-order valence-electron chi connectivity index (χ0n) is 9.93. The molecule has 2 rings (SSSR count). The summed E-state index contributed by atoms with van der Waals surface area (Å²) in [6.07, 6.45) is 3.35. The summed E-state index contributed by atoms with van der Waals surface area (Å²) < 4.78 is 6.00. The molecule has 18 heavy (non-hydrogen) atoms. The molecule has 1 saturated heterocycles. The third-order valence-electron chi connectivity index (χ3n) is 2.72. The zero-order valence-corrected chi connectivity index (χ0v) is 11.6. The molecule has 1 fully saturated rings. The van der Waals surface area contributed by atoms with Crippen LogP contribution in [0, 0.1) is 17.2 Å². The first kappa shape index (κ1) is 13.3. The molecule has 5 nitrogen and oxygen atoms in total. The van der Waals surface area contributed by atoms with Crippen LogP contribution in [-0.4, -0.2) is 30.4 Å². The summed E-state index contributed by atoms with van der Waals surface area (Å²) in [5.74, 6) is 0.292. The number of nitriles is 1. The highest BCUT2D eigenvalue weighted by Gasteiger charge is 2.23. The van der Waals surface area contributed by atoms with Crippen molar-refractivity contribution in [2.75, 3.05) is 24.8 Å². The number of rotatable bonds is 3. The van der Waals surface area contributed by atoms with Crippen LogP contribution in [-0.2, 0) is 9.53 Å². The van der Waals surface area contributed by atoms with Gasteiger partial charge in [0.1, 0.15) is 10.9 Å². The Labute approximate surface area is 114 Å². The predicted octanol–water partition coefficient (Wildman–Crippen LogP) is 2.10. The largest absolute Gasteiger partial charge is 0.381 e. The van der Waals surface area contributed by atoms with Gasteiger partial charge in [0, 0.05) is 19.1 Å². The Morgan fingerprint density at radius 3 is 2.94 bits per heavy atom. The van der Waals surface area contributed by atoms with Crippen molar-refractivity contribution in [2.45, 2.75) is 17.2 Å². The summed E-state index contributed by atoms with van der Waals surface area (Å²) in [7, 11) is 0. The maximum atomic E-state index is 12.0. The van der Waals surface area contributed by atoms with E-state index in [0.717, 1.165) is 17.2 Å². The number of carbonyl (C=O) groups is 1. The Hall–Kier alpha value is -1.10. The highest BCUT2D eigenvalue weighted by Crippen LogP contribution is 2.29. The average Bonchev–Trinajstić information content (AvgIpc) is 2.82. The number of nitrogens with zero attached hydrogens (tertiary/aromatic N) is 2. The molecule has 1 aliphatic rings. The highest BCUT2D eigenvalue weighted by molar-refractivity contribution is 8.00. The second-order valence-corrected chi connectivity index (χ2v) is 5.90. The normalized spacial score (nSPS) is 16.2. The monoisotopic (exact) mass is 283 g/mol. The number of amides is 1. The Balaban J connectivity index is 2.06. The van der Waals surface area contributed by atoms with E-state index < -0.39 is 0 Å². The predicted molar refractivity (Wildman–Crippen MR) is 70.8 cm³/mol. The molecule has 0 spiro atoms. The Morgan fingerprint density at radius 2 is 2.33 bits per heavy atom. The molecule has 0 aromatic carbocycles. The van der Waals surface area contributed by atoms with E-state index in [1.165, 1.54) is 23.1 Å². The van der Waals surface area contributed by atoms with E-state index in [1.807, 2.05) is 6.26 Å². The first-order valence-corrected chi connectivity index (χ1v) is 7.62. The molecule has 7 heteroatoms. The lowest BCUT2D eigenvalue weighted by Gasteiger charge is -2.20. The quantitative estimate of drug-likeness (QED) is 0.860. The molecule has 0 bridgehead atoms. The number of nitrogens with one attached hydrogen (secondary N) is 1. The van der Waals surface area contributed by atoms with Crippen molar-refractivity contribution in [2.24, 2.45) is 5.92 Å². The van der Waals surface area contributed by atoms with E-state index in [4.69, 9.17) is 10.00 Å². The minimum atomic E-state index is -0.0623. The zero-order chi connectivity index (χ0) is 13.0. The van der Waals surface area contributed by atoms with Crippen LogP contribution in [0.2, 0.25) is 0 Å². The highest BCUT2D eigenvalue weighted by atomic mass is 32.2. The van der Waals surface area contributed by atoms with Crippen molar-refractivity contribution in [3.63, 3.8) is 0 Å². The number of anilines is 1. The second-order valence-electron chi connectivity index (χ2n) is 3.85. The number of aromatic nitrogens is 1. The molecule has 0 saturated carbocycles. The number of hydrogen-bond donors (Lipinski definition) is 1. The summed E-state index contributed by atoms with van der Waals surface area (Å²) in [5, 5.41) is 11.7. The van der Waals surface area contributed by atoms with Gasteiger partial charge < -0.3 is 10.1 Å². The average molecular weight is 283 g/mol. The molecule has 96 valence electrons. The van der Waals surface area contributed by atoms with Crippen LogP contribution >= 0.6 is 23.1 Å². The first-order chi connectivity index (χ1) is 8.74. The Bertz CT molecular complexity index is 475. The van der Waals surface area contributed by atoms with Gasteiger partial charge in [-0.25, -0.2) is 4.98 Å². The van der Waals surface area contributed by atoms with Crippen molar-refractivity contribution in [3.05, 3.63) is 4.88 Å². The lowest BCUT2D eigenvalue weighted by atomic mass is 9.99. The minimum absolute atomic E-state index is 0.0373. The summed E-state index contributed by atoms with van der Waals surface area (Å²) in [4.78, 5) is 16.7. The van der Waals surface area contributed by atoms with Gasteiger partial charge in [0.05, 0.1) is 0 Å². The van der Waals surface area contributed by atoms with E-state index in [1.54, 1.807) is 0 Å². The fourth-order valence-corrected chi connectivity index (χ4v) is 3.04. The van der Waals surface area contributed by atoms with Gasteiger partial charge in [-0.15, -0.1) is 0 Å². The van der Waals surface area contributed by atoms with Crippen LogP contribution in [0.15, 0.2) is 4.34 Å². The van der Waals surface area contributed by atoms with Gasteiger partial charge in [-0.1, -0.05) is 23.1 Å². The van der Waals surface area contributed by atoms with Gasteiger partial charge in [0.25, 0.3) is 0 Å². The van der Waals surface area contributed by atoms with Gasteiger partial charge >= 0.3 is 0 Å². The van der Waals surface area contributed by atoms with E-state index in [2.05, 4.69) is 16.4 Å². The molecular weight excluding hydrogens is 270 g/mol. The van der Waals surface area contributed by atoms with Crippen molar-refractivity contribution in [1.82, 2.24) is 4.98 Å². The maximum Gasteiger partial charge on any atom is 0.228 e. The second kappa shape index (κ2) is 6.18. The van der Waals surface area contributed by atoms with Crippen LogP contribution in [0.25, 0.3) is 0 Å². The van der Waals surface area contributed by atoms with E-state index in [-0.39, 0.29) is 11.8 Å². The van der Waals surface area contributed by atoms with Crippen LogP contribution in [0.4, 0.5) is 5.82 Å². The molecule has 0 aliphatic carbocycles. The number of ether oxygens (including phenoxy) is 1. The molecule has 1 aromatic heterocycles. The van der Waals surface area contributed by atoms with Crippen LogP contribution < -0.4 is 5.32 Å². The minimum Gasteiger partial charge on any atom is -0.381 e. The summed E-state index contributed by atoms with van der Waals surface area (Å²) in [6, 6.07) is 2.06. The molecule has 1 N–H and O–H groups in total. The van der Waals surface area contributed by atoms with Gasteiger partial charge in [0.15, 0.2) is 10.2 Å². The number of hydrogen-bond acceptors (Lipinski definition) is 6. The molecule has 0 atom stereocenters. The third-order valence-corrected chi connectivity index (χ3v) is 4.66. The van der Waals surface area contributed by atoms with Crippen molar-refractivity contribution in [1.29, 1.82) is 5.26 Å². The fraction of sp³-hybridized carbons (Fsp3) is 0.545. The van der Waals surface area contributed by atoms with Crippen LogP contribution in [0.5, 0.6) is 0 Å². The van der Waals surface area contributed by atoms with Crippen LogP contribution in [0.3, 0.4) is 0 Å². The van der Waals surface area contributed by atoms with Crippen LogP contribution in [0.1, 0.15) is 17.7 Å².